The summed E-state index contributed by atoms with van der Waals surface area (Å²) >= 11 is 5.85. The Morgan fingerprint density at radius 1 is 1.37 bits per heavy atom. The molecule has 0 saturated heterocycles. The van der Waals surface area contributed by atoms with Gasteiger partial charge in [0.2, 0.25) is 0 Å². The van der Waals surface area contributed by atoms with E-state index in [9.17, 15) is 4.79 Å². The van der Waals surface area contributed by atoms with E-state index in [2.05, 4.69) is 20.4 Å². The molecule has 0 atom stereocenters. The summed E-state index contributed by atoms with van der Waals surface area (Å²) in [5, 5.41) is 7.11. The number of halogens is 1. The van der Waals surface area contributed by atoms with E-state index in [0.717, 1.165) is 12.1 Å². The van der Waals surface area contributed by atoms with E-state index in [1.807, 2.05) is 13.8 Å². The van der Waals surface area contributed by atoms with Crippen molar-refractivity contribution in [2.75, 3.05) is 5.32 Å². The molecule has 19 heavy (non-hydrogen) atoms. The van der Waals surface area contributed by atoms with Crippen LogP contribution in [0, 0.1) is 0 Å². The summed E-state index contributed by atoms with van der Waals surface area (Å²) in [4.78, 5) is 20.0. The van der Waals surface area contributed by atoms with Gasteiger partial charge in [-0.05, 0) is 19.4 Å². The molecule has 0 spiro atoms. The zero-order chi connectivity index (χ0) is 13.8. The van der Waals surface area contributed by atoms with Gasteiger partial charge in [0, 0.05) is 18.9 Å². The number of nitrogens with zero attached hydrogens (tertiary/aromatic N) is 4. The standard InChI is InChI=1S/C12H14ClN5O/c1-3-8-7-9(18(4-2)17-8)12(19)16-11-10(13)14-5-6-15-11/h5-7H,3-4H2,1-2H3,(H,15,16,19). The summed E-state index contributed by atoms with van der Waals surface area (Å²) in [6.07, 6.45) is 3.71. The summed E-state index contributed by atoms with van der Waals surface area (Å²) in [5.41, 5.74) is 1.36. The van der Waals surface area contributed by atoms with Crippen molar-refractivity contribution in [3.63, 3.8) is 0 Å². The number of aromatic nitrogens is 4. The fourth-order valence-electron chi connectivity index (χ4n) is 1.64. The van der Waals surface area contributed by atoms with Gasteiger partial charge in [-0.1, -0.05) is 18.5 Å². The first-order valence-corrected chi connectivity index (χ1v) is 6.38. The molecule has 6 nitrogen and oxygen atoms in total. The average molecular weight is 280 g/mol. The molecule has 1 amide bonds. The van der Waals surface area contributed by atoms with Gasteiger partial charge >= 0.3 is 0 Å². The Labute approximate surface area is 115 Å². The quantitative estimate of drug-likeness (QED) is 0.931. The van der Waals surface area contributed by atoms with E-state index in [1.54, 1.807) is 10.7 Å². The molecule has 0 radical (unpaired) electrons. The van der Waals surface area contributed by atoms with Gasteiger partial charge in [-0.2, -0.15) is 5.10 Å². The van der Waals surface area contributed by atoms with Crippen molar-refractivity contribution in [1.29, 1.82) is 0 Å². The molecule has 100 valence electrons. The lowest BCUT2D eigenvalue weighted by atomic mass is 10.3. The Balaban J connectivity index is 2.25. The molecule has 0 saturated carbocycles. The van der Waals surface area contributed by atoms with Crippen molar-refractivity contribution >= 4 is 23.3 Å². The van der Waals surface area contributed by atoms with Crippen molar-refractivity contribution in [2.24, 2.45) is 0 Å². The summed E-state index contributed by atoms with van der Waals surface area (Å²) in [6.45, 7) is 4.54. The molecule has 0 aliphatic rings. The van der Waals surface area contributed by atoms with Gasteiger partial charge in [-0.3, -0.25) is 9.48 Å². The van der Waals surface area contributed by atoms with Crippen LogP contribution in [0.3, 0.4) is 0 Å². The van der Waals surface area contributed by atoms with Crippen LogP contribution in [0.1, 0.15) is 30.0 Å². The van der Waals surface area contributed by atoms with Crippen molar-refractivity contribution in [3.8, 4) is 0 Å². The van der Waals surface area contributed by atoms with Gasteiger partial charge in [0.15, 0.2) is 11.0 Å². The Hall–Kier alpha value is -1.95. The summed E-state index contributed by atoms with van der Waals surface area (Å²) in [7, 11) is 0. The van der Waals surface area contributed by atoms with Crippen LogP contribution in [0.5, 0.6) is 0 Å². The lowest BCUT2D eigenvalue weighted by Gasteiger charge is -2.06. The fraction of sp³-hybridized carbons (Fsp3) is 0.333. The number of carbonyl (C=O) groups is 1. The highest BCUT2D eigenvalue weighted by molar-refractivity contribution is 6.32. The predicted octanol–water partition coefficient (Wildman–Crippen LogP) is 2.16. The zero-order valence-corrected chi connectivity index (χ0v) is 11.5. The fourth-order valence-corrected chi connectivity index (χ4v) is 1.80. The highest BCUT2D eigenvalue weighted by Crippen LogP contribution is 2.16. The molecule has 0 aliphatic heterocycles. The molecule has 2 rings (SSSR count). The molecular weight excluding hydrogens is 266 g/mol. The second-order valence-corrected chi connectivity index (χ2v) is 4.20. The minimum atomic E-state index is -0.295. The van der Waals surface area contributed by atoms with Crippen molar-refractivity contribution in [2.45, 2.75) is 26.8 Å². The van der Waals surface area contributed by atoms with E-state index in [4.69, 9.17) is 11.6 Å². The minimum absolute atomic E-state index is 0.161. The average Bonchev–Trinajstić information content (AvgIpc) is 2.84. The number of nitrogens with one attached hydrogen (secondary N) is 1. The van der Waals surface area contributed by atoms with E-state index >= 15 is 0 Å². The number of rotatable bonds is 4. The number of carbonyl (C=O) groups excluding carboxylic acids is 1. The largest absolute Gasteiger partial charge is 0.303 e. The van der Waals surface area contributed by atoms with Crippen molar-refractivity contribution < 1.29 is 4.79 Å². The second-order valence-electron chi connectivity index (χ2n) is 3.84. The van der Waals surface area contributed by atoms with E-state index in [0.29, 0.717) is 12.2 Å². The molecule has 2 heterocycles. The topological polar surface area (TPSA) is 72.7 Å². The first-order valence-electron chi connectivity index (χ1n) is 6.00. The smallest absolute Gasteiger partial charge is 0.275 e. The summed E-state index contributed by atoms with van der Waals surface area (Å²) < 4.78 is 1.65. The lowest BCUT2D eigenvalue weighted by molar-refractivity contribution is 0.101. The van der Waals surface area contributed by atoms with Crippen LogP contribution in [0.2, 0.25) is 5.15 Å². The maximum absolute atomic E-state index is 12.2. The second kappa shape index (κ2) is 5.79. The van der Waals surface area contributed by atoms with Gasteiger partial charge in [0.1, 0.15) is 5.69 Å². The van der Waals surface area contributed by atoms with Crippen molar-refractivity contribution in [3.05, 3.63) is 35.0 Å². The number of anilines is 1. The molecule has 0 unspecified atom stereocenters. The van der Waals surface area contributed by atoms with Gasteiger partial charge in [-0.25, -0.2) is 9.97 Å². The van der Waals surface area contributed by atoms with Crippen molar-refractivity contribution in [1.82, 2.24) is 19.7 Å². The SMILES string of the molecule is CCc1cc(C(=O)Nc2nccnc2Cl)n(CC)n1. The van der Waals surface area contributed by atoms with E-state index < -0.39 is 0 Å². The molecule has 0 bridgehead atoms. The first kappa shape index (κ1) is 13.5. The Morgan fingerprint density at radius 3 is 2.74 bits per heavy atom. The maximum atomic E-state index is 12.2. The molecule has 1 N–H and O–H groups in total. The maximum Gasteiger partial charge on any atom is 0.275 e. The van der Waals surface area contributed by atoms with Crippen LogP contribution in [-0.2, 0) is 13.0 Å². The molecule has 0 aliphatic carbocycles. The van der Waals surface area contributed by atoms with Gasteiger partial charge < -0.3 is 5.32 Å². The first-order chi connectivity index (χ1) is 9.15. The summed E-state index contributed by atoms with van der Waals surface area (Å²) in [6, 6.07) is 1.77. The monoisotopic (exact) mass is 279 g/mol. The third-order valence-electron chi connectivity index (χ3n) is 2.61. The Morgan fingerprint density at radius 2 is 2.11 bits per heavy atom. The highest BCUT2D eigenvalue weighted by atomic mass is 35.5. The van der Waals surface area contributed by atoms with Crippen LogP contribution >= 0.6 is 11.6 Å². The molecule has 0 aromatic carbocycles. The van der Waals surface area contributed by atoms with Crippen LogP contribution in [0.15, 0.2) is 18.5 Å². The van der Waals surface area contributed by atoms with Gasteiger partial charge in [-0.15, -0.1) is 0 Å². The number of hydrogen-bond acceptors (Lipinski definition) is 4. The number of aryl methyl sites for hydroxylation is 2. The van der Waals surface area contributed by atoms with Crippen LogP contribution in [0.4, 0.5) is 5.82 Å². The highest BCUT2D eigenvalue weighted by Gasteiger charge is 2.16. The zero-order valence-electron chi connectivity index (χ0n) is 10.7. The predicted molar refractivity (Wildman–Crippen MR) is 72.3 cm³/mol. The molecule has 0 fully saturated rings. The molecular formula is C12H14ClN5O. The summed E-state index contributed by atoms with van der Waals surface area (Å²) in [5.74, 6) is -0.0486. The Kier molecular flexibility index (Phi) is 4.11. The normalized spacial score (nSPS) is 10.5. The lowest BCUT2D eigenvalue weighted by Crippen LogP contribution is -2.18. The van der Waals surface area contributed by atoms with E-state index in [1.165, 1.54) is 12.4 Å². The number of amides is 1. The van der Waals surface area contributed by atoms with E-state index in [-0.39, 0.29) is 16.9 Å². The van der Waals surface area contributed by atoms with Gasteiger partial charge in [0.25, 0.3) is 5.91 Å². The van der Waals surface area contributed by atoms with Crippen LogP contribution in [-0.4, -0.2) is 25.7 Å². The van der Waals surface area contributed by atoms with Gasteiger partial charge in [0.05, 0.1) is 5.69 Å². The Bertz CT molecular complexity index is 596. The van der Waals surface area contributed by atoms with Crippen LogP contribution in [0.25, 0.3) is 0 Å². The third kappa shape index (κ3) is 2.90. The molecule has 2 aromatic heterocycles. The minimum Gasteiger partial charge on any atom is -0.303 e. The molecule has 2 aromatic rings. The molecule has 7 heteroatoms. The van der Waals surface area contributed by atoms with Crippen LogP contribution < -0.4 is 5.32 Å². The third-order valence-corrected chi connectivity index (χ3v) is 2.89. The number of hydrogen-bond donors (Lipinski definition) is 1.